The molecule has 6 nitrogen and oxygen atoms in total. The Morgan fingerprint density at radius 3 is 2.46 bits per heavy atom. The molecule has 2 rings (SSSR count). The zero-order valence-electron chi connectivity index (χ0n) is 16.8. The lowest BCUT2D eigenvalue weighted by atomic mass is 10.0. The fourth-order valence-corrected chi connectivity index (χ4v) is 2.84. The molecule has 3 N–H and O–H groups in total. The number of ether oxygens (including phenoxy) is 1. The van der Waals surface area contributed by atoms with Crippen molar-refractivity contribution >= 4 is 17.5 Å². The van der Waals surface area contributed by atoms with E-state index in [2.05, 4.69) is 5.32 Å². The monoisotopic (exact) mass is 383 g/mol. The third-order valence-corrected chi connectivity index (χ3v) is 4.56. The number of aryl methyl sites for hydroxylation is 1. The van der Waals surface area contributed by atoms with E-state index in [0.29, 0.717) is 30.7 Å². The molecule has 0 heterocycles. The molecule has 2 aromatic carbocycles. The highest BCUT2D eigenvalue weighted by Gasteiger charge is 2.18. The Balaban J connectivity index is 2.01. The summed E-state index contributed by atoms with van der Waals surface area (Å²) in [6.45, 7) is 1.96. The maximum Gasteiger partial charge on any atom is 0.259 e. The summed E-state index contributed by atoms with van der Waals surface area (Å²) in [5, 5.41) is 3.07. The molecular formula is C22H29N3O3. The van der Waals surface area contributed by atoms with E-state index in [1.54, 1.807) is 14.1 Å². The third kappa shape index (κ3) is 6.01. The van der Waals surface area contributed by atoms with E-state index in [0.717, 1.165) is 11.1 Å². The first-order chi connectivity index (χ1) is 13.4. The van der Waals surface area contributed by atoms with Crippen LogP contribution in [0.25, 0.3) is 0 Å². The molecule has 0 saturated heterocycles. The van der Waals surface area contributed by atoms with Gasteiger partial charge in [-0.15, -0.1) is 0 Å². The number of rotatable bonds is 9. The summed E-state index contributed by atoms with van der Waals surface area (Å²) in [5.74, 6) is 0.443. The predicted octanol–water partition coefficient (Wildman–Crippen LogP) is 2.94. The van der Waals surface area contributed by atoms with Crippen LogP contribution in [-0.4, -0.2) is 37.4 Å². The standard InChI is InChI=1S/C22H29N3O3/c1-4-19(24-21(26)14-13-16-9-5-7-11-18(16)23)17-10-6-8-12-20(17)28-15-22(27)25(2)3/h5-12,19H,4,13-15,23H2,1-3H3,(H,24,26). The predicted molar refractivity (Wildman–Crippen MR) is 111 cm³/mol. The topological polar surface area (TPSA) is 84.7 Å². The summed E-state index contributed by atoms with van der Waals surface area (Å²) in [4.78, 5) is 25.8. The minimum absolute atomic E-state index is 0.0400. The largest absolute Gasteiger partial charge is 0.483 e. The van der Waals surface area contributed by atoms with Crippen LogP contribution in [0.3, 0.4) is 0 Å². The van der Waals surface area contributed by atoms with E-state index in [1.165, 1.54) is 4.90 Å². The lowest BCUT2D eigenvalue weighted by Crippen LogP contribution is -2.30. The third-order valence-electron chi connectivity index (χ3n) is 4.56. The number of benzene rings is 2. The van der Waals surface area contributed by atoms with Crippen LogP contribution in [0.1, 0.15) is 36.9 Å². The van der Waals surface area contributed by atoms with Crippen molar-refractivity contribution < 1.29 is 14.3 Å². The molecule has 2 amide bonds. The smallest absolute Gasteiger partial charge is 0.259 e. The van der Waals surface area contributed by atoms with Crippen molar-refractivity contribution in [3.8, 4) is 5.75 Å². The Labute approximate surface area is 166 Å². The molecule has 0 aliphatic heterocycles. The number of carbonyl (C=O) groups excluding carboxylic acids is 2. The van der Waals surface area contributed by atoms with Gasteiger partial charge in [0.05, 0.1) is 6.04 Å². The normalized spacial score (nSPS) is 11.5. The summed E-state index contributed by atoms with van der Waals surface area (Å²) in [7, 11) is 3.37. The van der Waals surface area contributed by atoms with Crippen molar-refractivity contribution in [2.45, 2.75) is 32.2 Å². The highest BCUT2D eigenvalue weighted by atomic mass is 16.5. The van der Waals surface area contributed by atoms with Crippen molar-refractivity contribution in [3.63, 3.8) is 0 Å². The van der Waals surface area contributed by atoms with Crippen LogP contribution in [0, 0.1) is 0 Å². The number of para-hydroxylation sites is 2. The van der Waals surface area contributed by atoms with Crippen LogP contribution >= 0.6 is 0 Å². The van der Waals surface area contributed by atoms with E-state index in [9.17, 15) is 9.59 Å². The van der Waals surface area contributed by atoms with Gasteiger partial charge in [-0.1, -0.05) is 43.3 Å². The van der Waals surface area contributed by atoms with Gasteiger partial charge in [0, 0.05) is 31.8 Å². The highest BCUT2D eigenvalue weighted by molar-refractivity contribution is 5.78. The van der Waals surface area contributed by atoms with Crippen molar-refractivity contribution in [3.05, 3.63) is 59.7 Å². The molecule has 0 aliphatic carbocycles. The summed E-state index contributed by atoms with van der Waals surface area (Å²) < 4.78 is 5.71. The van der Waals surface area contributed by atoms with Crippen molar-refractivity contribution in [2.75, 3.05) is 26.4 Å². The molecule has 0 bridgehead atoms. The maximum absolute atomic E-state index is 12.5. The van der Waals surface area contributed by atoms with E-state index in [4.69, 9.17) is 10.5 Å². The van der Waals surface area contributed by atoms with Gasteiger partial charge in [-0.3, -0.25) is 9.59 Å². The van der Waals surface area contributed by atoms with E-state index in [1.807, 2.05) is 55.5 Å². The summed E-state index contributed by atoms with van der Waals surface area (Å²) >= 11 is 0. The van der Waals surface area contributed by atoms with Crippen LogP contribution in [0.5, 0.6) is 5.75 Å². The second-order valence-electron chi connectivity index (χ2n) is 6.84. The lowest BCUT2D eigenvalue weighted by molar-refractivity contribution is -0.130. The fraction of sp³-hybridized carbons (Fsp3) is 0.364. The number of nitrogen functional groups attached to an aromatic ring is 1. The number of hydrogen-bond donors (Lipinski definition) is 2. The summed E-state index contributed by atoms with van der Waals surface area (Å²) in [6.07, 6.45) is 1.65. The van der Waals surface area contributed by atoms with Crippen molar-refractivity contribution in [1.29, 1.82) is 0 Å². The number of hydrogen-bond acceptors (Lipinski definition) is 4. The van der Waals surface area contributed by atoms with Crippen LogP contribution in [0.15, 0.2) is 48.5 Å². The minimum Gasteiger partial charge on any atom is -0.483 e. The molecule has 6 heteroatoms. The number of carbonyl (C=O) groups is 2. The molecular weight excluding hydrogens is 354 g/mol. The maximum atomic E-state index is 12.5. The van der Waals surface area contributed by atoms with Gasteiger partial charge in [-0.25, -0.2) is 0 Å². The highest BCUT2D eigenvalue weighted by Crippen LogP contribution is 2.27. The molecule has 0 radical (unpaired) electrons. The Kier molecular flexibility index (Phi) is 7.87. The van der Waals surface area contributed by atoms with Crippen LogP contribution in [0.2, 0.25) is 0 Å². The van der Waals surface area contributed by atoms with Crippen LogP contribution in [-0.2, 0) is 16.0 Å². The van der Waals surface area contributed by atoms with Gasteiger partial charge in [-0.2, -0.15) is 0 Å². The number of nitrogens with two attached hydrogens (primary N) is 1. The molecule has 1 unspecified atom stereocenters. The molecule has 28 heavy (non-hydrogen) atoms. The first-order valence-corrected chi connectivity index (χ1v) is 9.47. The van der Waals surface area contributed by atoms with Gasteiger partial charge in [0.1, 0.15) is 5.75 Å². The average molecular weight is 383 g/mol. The van der Waals surface area contributed by atoms with Gasteiger partial charge < -0.3 is 20.7 Å². The van der Waals surface area contributed by atoms with Gasteiger partial charge in [0.15, 0.2) is 6.61 Å². The zero-order valence-corrected chi connectivity index (χ0v) is 16.8. The van der Waals surface area contributed by atoms with E-state index < -0.39 is 0 Å². The molecule has 0 aromatic heterocycles. The van der Waals surface area contributed by atoms with Crippen LogP contribution in [0.4, 0.5) is 5.69 Å². The molecule has 2 aromatic rings. The van der Waals surface area contributed by atoms with E-state index in [-0.39, 0.29) is 24.5 Å². The molecule has 0 spiro atoms. The second-order valence-corrected chi connectivity index (χ2v) is 6.84. The number of nitrogens with zero attached hydrogens (tertiary/aromatic N) is 1. The fourth-order valence-electron chi connectivity index (χ4n) is 2.84. The van der Waals surface area contributed by atoms with Crippen molar-refractivity contribution in [2.24, 2.45) is 0 Å². The van der Waals surface area contributed by atoms with Gasteiger partial charge >= 0.3 is 0 Å². The van der Waals surface area contributed by atoms with Gasteiger partial charge in [0.2, 0.25) is 5.91 Å². The molecule has 0 saturated carbocycles. The average Bonchev–Trinajstić information content (AvgIpc) is 2.69. The Hall–Kier alpha value is -3.02. The zero-order chi connectivity index (χ0) is 20.5. The molecule has 150 valence electrons. The lowest BCUT2D eigenvalue weighted by Gasteiger charge is -2.21. The first kappa shape index (κ1) is 21.3. The number of anilines is 1. The SMILES string of the molecule is CCC(NC(=O)CCc1ccccc1N)c1ccccc1OCC(=O)N(C)C. The number of nitrogens with one attached hydrogen (secondary N) is 1. The van der Waals surface area contributed by atoms with Gasteiger partial charge in [0.25, 0.3) is 5.91 Å². The Morgan fingerprint density at radius 1 is 1.11 bits per heavy atom. The number of amides is 2. The number of likely N-dealkylation sites (N-methyl/N-ethyl adjacent to an activating group) is 1. The second kappa shape index (κ2) is 10.3. The first-order valence-electron chi connectivity index (χ1n) is 9.47. The molecule has 0 fully saturated rings. The van der Waals surface area contributed by atoms with Crippen LogP contribution < -0.4 is 15.8 Å². The minimum atomic E-state index is -0.189. The van der Waals surface area contributed by atoms with Crippen molar-refractivity contribution in [1.82, 2.24) is 10.2 Å². The molecule has 0 aliphatic rings. The Bertz CT molecular complexity index is 805. The quantitative estimate of drug-likeness (QED) is 0.652. The summed E-state index contributed by atoms with van der Waals surface area (Å²) in [6, 6.07) is 14.9. The van der Waals surface area contributed by atoms with E-state index >= 15 is 0 Å². The molecule has 1 atom stereocenters. The Morgan fingerprint density at radius 2 is 1.79 bits per heavy atom. The summed E-state index contributed by atoms with van der Waals surface area (Å²) in [5.41, 5.74) is 8.48. The van der Waals surface area contributed by atoms with Gasteiger partial charge in [-0.05, 0) is 30.5 Å².